The van der Waals surface area contributed by atoms with Crippen molar-refractivity contribution in [3.8, 4) is 5.75 Å². The van der Waals surface area contributed by atoms with Gasteiger partial charge in [-0.1, -0.05) is 61.5 Å². The SMILES string of the molecule is CCCCOc1cccc(C(=O)Nn2c(C)nnc2SCc2ccccc2)c1. The first-order valence-corrected chi connectivity index (χ1v) is 10.3. The molecule has 28 heavy (non-hydrogen) atoms. The molecule has 0 aliphatic heterocycles. The molecule has 7 heteroatoms. The molecule has 0 saturated heterocycles. The van der Waals surface area contributed by atoms with Crippen molar-refractivity contribution in [2.24, 2.45) is 0 Å². The minimum Gasteiger partial charge on any atom is -0.494 e. The summed E-state index contributed by atoms with van der Waals surface area (Å²) in [6.07, 6.45) is 2.05. The zero-order chi connectivity index (χ0) is 19.8. The number of rotatable bonds is 9. The highest BCUT2D eigenvalue weighted by Gasteiger charge is 2.14. The number of hydrogen-bond donors (Lipinski definition) is 1. The molecular weight excluding hydrogens is 372 g/mol. The lowest BCUT2D eigenvalue weighted by Crippen LogP contribution is -2.24. The van der Waals surface area contributed by atoms with Crippen LogP contribution in [0.2, 0.25) is 0 Å². The van der Waals surface area contributed by atoms with Crippen molar-refractivity contribution in [2.75, 3.05) is 12.0 Å². The lowest BCUT2D eigenvalue weighted by molar-refractivity contribution is 0.100. The lowest BCUT2D eigenvalue weighted by Gasteiger charge is -2.11. The quantitative estimate of drug-likeness (QED) is 0.428. The number of nitrogens with one attached hydrogen (secondary N) is 1. The maximum absolute atomic E-state index is 12.7. The summed E-state index contributed by atoms with van der Waals surface area (Å²) in [5.74, 6) is 1.83. The molecule has 3 rings (SSSR count). The molecule has 0 atom stereocenters. The van der Waals surface area contributed by atoms with E-state index in [1.54, 1.807) is 16.8 Å². The fourth-order valence-corrected chi connectivity index (χ4v) is 3.41. The summed E-state index contributed by atoms with van der Waals surface area (Å²) >= 11 is 1.52. The summed E-state index contributed by atoms with van der Waals surface area (Å²) in [6.45, 7) is 4.57. The highest BCUT2D eigenvalue weighted by Crippen LogP contribution is 2.21. The van der Waals surface area contributed by atoms with Crippen LogP contribution in [-0.2, 0) is 5.75 Å². The van der Waals surface area contributed by atoms with E-state index in [0.29, 0.717) is 28.9 Å². The van der Waals surface area contributed by atoms with E-state index in [9.17, 15) is 4.79 Å². The zero-order valence-electron chi connectivity index (χ0n) is 16.1. The number of amides is 1. The van der Waals surface area contributed by atoms with Gasteiger partial charge in [0.15, 0.2) is 0 Å². The smallest absolute Gasteiger partial charge is 0.270 e. The molecule has 1 amide bonds. The number of carbonyl (C=O) groups excluding carboxylic acids is 1. The van der Waals surface area contributed by atoms with Gasteiger partial charge in [0.1, 0.15) is 11.6 Å². The van der Waals surface area contributed by atoms with Gasteiger partial charge in [-0.15, -0.1) is 10.2 Å². The van der Waals surface area contributed by atoms with E-state index in [0.717, 1.165) is 18.6 Å². The van der Waals surface area contributed by atoms with E-state index in [1.807, 2.05) is 37.3 Å². The van der Waals surface area contributed by atoms with Gasteiger partial charge in [-0.3, -0.25) is 10.2 Å². The second kappa shape index (κ2) is 9.94. The van der Waals surface area contributed by atoms with Crippen molar-refractivity contribution < 1.29 is 9.53 Å². The molecule has 6 nitrogen and oxygen atoms in total. The number of unbranched alkanes of at least 4 members (excludes halogenated alkanes) is 1. The molecule has 0 fully saturated rings. The van der Waals surface area contributed by atoms with Gasteiger partial charge in [-0.25, -0.2) is 4.68 Å². The van der Waals surface area contributed by atoms with Gasteiger partial charge in [0.25, 0.3) is 5.91 Å². The van der Waals surface area contributed by atoms with E-state index in [1.165, 1.54) is 17.3 Å². The summed E-state index contributed by atoms with van der Waals surface area (Å²) in [5.41, 5.74) is 4.59. The van der Waals surface area contributed by atoms with Crippen LogP contribution in [0.5, 0.6) is 5.75 Å². The number of aromatic nitrogens is 3. The van der Waals surface area contributed by atoms with Crippen LogP contribution >= 0.6 is 11.8 Å². The molecule has 0 unspecified atom stereocenters. The van der Waals surface area contributed by atoms with Crippen molar-refractivity contribution in [1.82, 2.24) is 14.9 Å². The van der Waals surface area contributed by atoms with Crippen LogP contribution in [0.25, 0.3) is 0 Å². The molecule has 3 aromatic rings. The minimum absolute atomic E-state index is 0.231. The van der Waals surface area contributed by atoms with Crippen molar-refractivity contribution in [3.63, 3.8) is 0 Å². The number of nitrogens with zero attached hydrogens (tertiary/aromatic N) is 3. The van der Waals surface area contributed by atoms with Gasteiger partial charge in [0.2, 0.25) is 5.16 Å². The standard InChI is InChI=1S/C21H24N4O2S/c1-3-4-13-27-19-12-8-11-18(14-19)20(26)24-25-16(2)22-23-21(25)28-15-17-9-6-5-7-10-17/h5-12,14H,3-4,13,15H2,1-2H3,(H,24,26). The highest BCUT2D eigenvalue weighted by atomic mass is 32.2. The second-order valence-electron chi connectivity index (χ2n) is 6.31. The van der Waals surface area contributed by atoms with E-state index in [4.69, 9.17) is 4.74 Å². The predicted octanol–water partition coefficient (Wildman–Crippen LogP) is 4.44. The molecule has 1 N–H and O–H groups in total. The average Bonchev–Trinajstić information content (AvgIpc) is 3.07. The molecule has 2 aromatic carbocycles. The Bertz CT molecular complexity index is 912. The van der Waals surface area contributed by atoms with Gasteiger partial charge in [-0.05, 0) is 37.1 Å². The molecule has 0 aliphatic rings. The Kier molecular flexibility index (Phi) is 7.08. The van der Waals surface area contributed by atoms with Crippen molar-refractivity contribution in [2.45, 2.75) is 37.6 Å². The van der Waals surface area contributed by atoms with Crippen LogP contribution in [0.15, 0.2) is 59.8 Å². The topological polar surface area (TPSA) is 69.0 Å². The predicted molar refractivity (Wildman–Crippen MR) is 111 cm³/mol. The summed E-state index contributed by atoms with van der Waals surface area (Å²) in [4.78, 5) is 12.7. The molecule has 0 saturated carbocycles. The van der Waals surface area contributed by atoms with E-state index in [2.05, 4.69) is 34.7 Å². The Balaban J connectivity index is 1.67. The van der Waals surface area contributed by atoms with Crippen molar-refractivity contribution in [1.29, 1.82) is 0 Å². The van der Waals surface area contributed by atoms with E-state index < -0.39 is 0 Å². The maximum Gasteiger partial charge on any atom is 0.270 e. The fourth-order valence-electron chi connectivity index (χ4n) is 2.51. The molecule has 0 spiro atoms. The van der Waals surface area contributed by atoms with Crippen LogP contribution in [-0.4, -0.2) is 27.4 Å². The zero-order valence-corrected chi connectivity index (χ0v) is 16.9. The third-order valence-corrected chi connectivity index (χ3v) is 5.08. The first-order chi connectivity index (χ1) is 13.7. The van der Waals surface area contributed by atoms with Gasteiger partial charge in [-0.2, -0.15) is 0 Å². The third-order valence-electron chi connectivity index (χ3n) is 4.08. The summed E-state index contributed by atoms with van der Waals surface area (Å²) in [5, 5.41) is 8.92. The van der Waals surface area contributed by atoms with Gasteiger partial charge < -0.3 is 4.74 Å². The van der Waals surface area contributed by atoms with E-state index >= 15 is 0 Å². The molecule has 0 aliphatic carbocycles. The average molecular weight is 397 g/mol. The van der Waals surface area contributed by atoms with Crippen LogP contribution < -0.4 is 10.2 Å². The molecule has 146 valence electrons. The Morgan fingerprint density at radius 3 is 2.75 bits per heavy atom. The van der Waals surface area contributed by atoms with Gasteiger partial charge in [0.05, 0.1) is 6.61 Å². The fraction of sp³-hybridized carbons (Fsp3) is 0.286. The Labute approximate surface area is 169 Å². The van der Waals surface area contributed by atoms with Gasteiger partial charge >= 0.3 is 0 Å². The third kappa shape index (κ3) is 5.36. The second-order valence-corrected chi connectivity index (χ2v) is 7.25. The number of aryl methyl sites for hydroxylation is 1. The number of ether oxygens (including phenoxy) is 1. The van der Waals surface area contributed by atoms with E-state index in [-0.39, 0.29) is 5.91 Å². The molecular formula is C21H24N4O2S. The summed E-state index contributed by atoms with van der Waals surface area (Å²) < 4.78 is 7.32. The Hall–Kier alpha value is -2.80. The number of thioether (sulfide) groups is 1. The Morgan fingerprint density at radius 2 is 1.96 bits per heavy atom. The van der Waals surface area contributed by atoms with Crippen molar-refractivity contribution >= 4 is 17.7 Å². The lowest BCUT2D eigenvalue weighted by atomic mass is 10.2. The number of carbonyl (C=O) groups is 1. The minimum atomic E-state index is -0.231. The number of hydrogen-bond acceptors (Lipinski definition) is 5. The molecule has 1 aromatic heterocycles. The Morgan fingerprint density at radius 1 is 1.14 bits per heavy atom. The van der Waals surface area contributed by atoms with Crippen LogP contribution in [0.3, 0.4) is 0 Å². The molecule has 1 heterocycles. The number of benzene rings is 2. The van der Waals surface area contributed by atoms with Crippen LogP contribution in [0, 0.1) is 6.92 Å². The molecule has 0 bridgehead atoms. The maximum atomic E-state index is 12.7. The first kappa shape index (κ1) is 19.9. The summed E-state index contributed by atoms with van der Waals surface area (Å²) in [6, 6.07) is 17.3. The van der Waals surface area contributed by atoms with Crippen LogP contribution in [0.1, 0.15) is 41.5 Å². The largest absolute Gasteiger partial charge is 0.494 e. The first-order valence-electron chi connectivity index (χ1n) is 9.30. The summed E-state index contributed by atoms with van der Waals surface area (Å²) in [7, 11) is 0. The van der Waals surface area contributed by atoms with Crippen LogP contribution in [0.4, 0.5) is 0 Å². The normalized spacial score (nSPS) is 10.6. The van der Waals surface area contributed by atoms with Crippen molar-refractivity contribution in [3.05, 3.63) is 71.5 Å². The monoisotopic (exact) mass is 396 g/mol. The molecule has 0 radical (unpaired) electrons. The highest BCUT2D eigenvalue weighted by molar-refractivity contribution is 7.98. The van der Waals surface area contributed by atoms with Gasteiger partial charge in [0, 0.05) is 11.3 Å².